The van der Waals surface area contributed by atoms with Crippen LogP contribution in [0, 0.1) is 5.41 Å². The number of hydrogen-bond donors (Lipinski definition) is 3. The van der Waals surface area contributed by atoms with Crippen molar-refractivity contribution >= 4 is 11.8 Å². The zero-order valence-corrected chi connectivity index (χ0v) is 10.2. The van der Waals surface area contributed by atoms with Crippen LogP contribution in [0.25, 0.3) is 0 Å². The van der Waals surface area contributed by atoms with Gasteiger partial charge in [-0.1, -0.05) is 6.92 Å². The Bertz CT molecular complexity index is 272. The molecule has 0 saturated carbocycles. The monoisotopic (exact) mass is 227 g/mol. The predicted octanol–water partition coefficient (Wildman–Crippen LogP) is -0.373. The van der Waals surface area contributed by atoms with Gasteiger partial charge in [-0.05, 0) is 26.3 Å². The highest BCUT2D eigenvalue weighted by atomic mass is 16.2. The van der Waals surface area contributed by atoms with E-state index < -0.39 is 6.04 Å². The summed E-state index contributed by atoms with van der Waals surface area (Å²) in [4.78, 5) is 23.4. The van der Waals surface area contributed by atoms with Gasteiger partial charge in [0.15, 0.2) is 0 Å². The van der Waals surface area contributed by atoms with Crippen LogP contribution in [-0.2, 0) is 9.59 Å². The van der Waals surface area contributed by atoms with Gasteiger partial charge in [0.2, 0.25) is 11.8 Å². The smallest absolute Gasteiger partial charge is 0.242 e. The number of amides is 2. The summed E-state index contributed by atoms with van der Waals surface area (Å²) in [7, 11) is 1.57. The first-order valence-corrected chi connectivity index (χ1v) is 5.79. The molecule has 1 aliphatic rings. The fourth-order valence-corrected chi connectivity index (χ4v) is 2.03. The second-order valence-electron chi connectivity index (χ2n) is 4.37. The lowest BCUT2D eigenvalue weighted by atomic mass is 9.83. The average molecular weight is 227 g/mol. The van der Waals surface area contributed by atoms with E-state index in [0.29, 0.717) is 6.54 Å². The Morgan fingerprint density at radius 2 is 2.19 bits per heavy atom. The highest BCUT2D eigenvalue weighted by Gasteiger charge is 2.40. The molecular weight excluding hydrogens is 206 g/mol. The van der Waals surface area contributed by atoms with Crippen molar-refractivity contribution < 1.29 is 9.59 Å². The van der Waals surface area contributed by atoms with Gasteiger partial charge in [-0.2, -0.15) is 0 Å². The van der Waals surface area contributed by atoms with E-state index in [2.05, 4.69) is 16.0 Å². The van der Waals surface area contributed by atoms with E-state index in [1.807, 2.05) is 6.92 Å². The zero-order valence-electron chi connectivity index (χ0n) is 10.2. The molecule has 1 heterocycles. The number of carbonyl (C=O) groups is 2. The maximum Gasteiger partial charge on any atom is 0.242 e. The van der Waals surface area contributed by atoms with Crippen LogP contribution in [0.1, 0.15) is 26.7 Å². The van der Waals surface area contributed by atoms with E-state index >= 15 is 0 Å². The molecule has 0 aliphatic carbocycles. The Balaban J connectivity index is 2.60. The molecule has 2 atom stereocenters. The number of hydrogen-bond acceptors (Lipinski definition) is 3. The molecule has 1 saturated heterocycles. The summed E-state index contributed by atoms with van der Waals surface area (Å²) in [5.41, 5.74) is -0.331. The van der Waals surface area contributed by atoms with Crippen molar-refractivity contribution in [2.75, 3.05) is 20.1 Å². The quantitative estimate of drug-likeness (QED) is 0.613. The topological polar surface area (TPSA) is 70.2 Å². The Hall–Kier alpha value is -1.10. The third-order valence-electron chi connectivity index (χ3n) is 3.39. The molecule has 2 amide bonds. The third kappa shape index (κ3) is 2.52. The van der Waals surface area contributed by atoms with Crippen molar-refractivity contribution in [3.63, 3.8) is 0 Å². The molecule has 0 bridgehead atoms. The van der Waals surface area contributed by atoms with Crippen LogP contribution in [0.3, 0.4) is 0 Å². The minimum Gasteiger partial charge on any atom is -0.357 e. The highest BCUT2D eigenvalue weighted by molar-refractivity contribution is 5.90. The largest absolute Gasteiger partial charge is 0.357 e. The molecule has 0 radical (unpaired) electrons. The summed E-state index contributed by atoms with van der Waals surface area (Å²) in [5.74, 6) is -0.179. The number of rotatable bonds is 4. The third-order valence-corrected chi connectivity index (χ3v) is 3.39. The summed E-state index contributed by atoms with van der Waals surface area (Å²) in [6.07, 6.45) is 1.64. The van der Waals surface area contributed by atoms with Crippen LogP contribution < -0.4 is 16.0 Å². The number of carbonyl (C=O) groups excluding carboxylic acids is 2. The normalized spacial score (nSPS) is 26.2. The van der Waals surface area contributed by atoms with E-state index in [9.17, 15) is 9.59 Å². The van der Waals surface area contributed by atoms with Crippen LogP contribution in [0.5, 0.6) is 0 Å². The molecule has 3 N–H and O–H groups in total. The lowest BCUT2D eigenvalue weighted by Crippen LogP contribution is -2.50. The first-order valence-electron chi connectivity index (χ1n) is 5.79. The summed E-state index contributed by atoms with van der Waals surface area (Å²) in [6, 6.07) is -0.471. The molecule has 5 nitrogen and oxygen atoms in total. The fourth-order valence-electron chi connectivity index (χ4n) is 2.03. The van der Waals surface area contributed by atoms with Gasteiger partial charge < -0.3 is 16.0 Å². The van der Waals surface area contributed by atoms with Gasteiger partial charge in [-0.15, -0.1) is 0 Å². The Labute approximate surface area is 96.4 Å². The lowest BCUT2D eigenvalue weighted by molar-refractivity contribution is -0.134. The molecule has 0 spiro atoms. The maximum atomic E-state index is 12.1. The van der Waals surface area contributed by atoms with Crippen LogP contribution in [0.15, 0.2) is 0 Å². The van der Waals surface area contributed by atoms with E-state index in [4.69, 9.17) is 0 Å². The summed E-state index contributed by atoms with van der Waals surface area (Å²) in [5, 5.41) is 8.50. The second kappa shape index (κ2) is 5.30. The molecule has 16 heavy (non-hydrogen) atoms. The molecule has 0 aromatic carbocycles. The molecule has 5 heteroatoms. The van der Waals surface area contributed by atoms with Crippen molar-refractivity contribution in [1.29, 1.82) is 0 Å². The van der Waals surface area contributed by atoms with E-state index in [0.717, 1.165) is 19.4 Å². The van der Waals surface area contributed by atoms with Crippen LogP contribution >= 0.6 is 0 Å². The molecule has 0 aromatic rings. The number of nitrogens with one attached hydrogen (secondary N) is 3. The molecular formula is C11H21N3O2. The van der Waals surface area contributed by atoms with Gasteiger partial charge in [0.05, 0.1) is 5.41 Å². The highest BCUT2D eigenvalue weighted by Crippen LogP contribution is 2.29. The minimum atomic E-state index is -0.471. The standard InChI is InChI=1S/C11H21N3O2/c1-4-11(5-6-13-7-11)10(16)14-8(2)9(15)12-3/h8,13H,4-7H2,1-3H3,(H,12,15)(H,14,16). The van der Waals surface area contributed by atoms with Crippen molar-refractivity contribution in [2.24, 2.45) is 5.41 Å². The van der Waals surface area contributed by atoms with E-state index in [-0.39, 0.29) is 17.2 Å². The van der Waals surface area contributed by atoms with Crippen LogP contribution in [-0.4, -0.2) is 38.0 Å². The zero-order chi connectivity index (χ0) is 12.2. The molecule has 2 unspecified atom stereocenters. The van der Waals surface area contributed by atoms with Crippen molar-refractivity contribution in [3.8, 4) is 0 Å². The van der Waals surface area contributed by atoms with Crippen LogP contribution in [0.4, 0.5) is 0 Å². The van der Waals surface area contributed by atoms with Crippen LogP contribution in [0.2, 0.25) is 0 Å². The summed E-state index contributed by atoms with van der Waals surface area (Å²) in [6.45, 7) is 5.28. The number of likely N-dealkylation sites (N-methyl/N-ethyl adjacent to an activating group) is 1. The Morgan fingerprint density at radius 3 is 2.62 bits per heavy atom. The second-order valence-corrected chi connectivity index (χ2v) is 4.37. The van der Waals surface area contributed by atoms with Gasteiger partial charge in [0.25, 0.3) is 0 Å². The van der Waals surface area contributed by atoms with Gasteiger partial charge in [-0.25, -0.2) is 0 Å². The maximum absolute atomic E-state index is 12.1. The molecule has 1 fully saturated rings. The minimum absolute atomic E-state index is 0.0175. The summed E-state index contributed by atoms with van der Waals surface area (Å²) >= 11 is 0. The van der Waals surface area contributed by atoms with Gasteiger partial charge >= 0.3 is 0 Å². The molecule has 0 aromatic heterocycles. The van der Waals surface area contributed by atoms with Gasteiger partial charge in [0.1, 0.15) is 6.04 Å². The predicted molar refractivity (Wildman–Crippen MR) is 61.9 cm³/mol. The fraction of sp³-hybridized carbons (Fsp3) is 0.818. The van der Waals surface area contributed by atoms with Gasteiger partial charge in [-0.3, -0.25) is 9.59 Å². The Morgan fingerprint density at radius 1 is 1.50 bits per heavy atom. The average Bonchev–Trinajstić information content (AvgIpc) is 2.77. The molecule has 1 aliphatic heterocycles. The summed E-state index contributed by atoms with van der Waals surface area (Å²) < 4.78 is 0. The van der Waals surface area contributed by atoms with E-state index in [1.54, 1.807) is 14.0 Å². The molecule has 1 rings (SSSR count). The first kappa shape index (κ1) is 13.0. The van der Waals surface area contributed by atoms with E-state index in [1.165, 1.54) is 0 Å². The van der Waals surface area contributed by atoms with Crippen molar-refractivity contribution in [1.82, 2.24) is 16.0 Å². The first-order chi connectivity index (χ1) is 7.55. The Kier molecular flexibility index (Phi) is 4.29. The van der Waals surface area contributed by atoms with Crippen molar-refractivity contribution in [2.45, 2.75) is 32.7 Å². The van der Waals surface area contributed by atoms with Crippen molar-refractivity contribution in [3.05, 3.63) is 0 Å². The molecule has 92 valence electrons. The van der Waals surface area contributed by atoms with Gasteiger partial charge in [0, 0.05) is 13.6 Å². The SMILES string of the molecule is CCC1(C(=O)NC(C)C(=O)NC)CCNC1. The lowest BCUT2D eigenvalue weighted by Gasteiger charge is -2.26.